The number of amides is 2. The fourth-order valence-corrected chi connectivity index (χ4v) is 4.64. The molecule has 3 fully saturated rings. The average molecular weight is 412 g/mol. The van der Waals surface area contributed by atoms with Crippen LogP contribution in [0.4, 0.5) is 4.79 Å². The average Bonchev–Trinajstić information content (AvgIpc) is 2.97. The summed E-state index contributed by atoms with van der Waals surface area (Å²) in [6.07, 6.45) is 3.51. The van der Waals surface area contributed by atoms with Gasteiger partial charge in [-0.1, -0.05) is 6.42 Å². The summed E-state index contributed by atoms with van der Waals surface area (Å²) >= 11 is 0. The van der Waals surface area contributed by atoms with Crippen LogP contribution in [0.3, 0.4) is 0 Å². The first-order valence-electron chi connectivity index (χ1n) is 10.8. The van der Waals surface area contributed by atoms with E-state index in [-0.39, 0.29) is 12.5 Å². The van der Waals surface area contributed by atoms with Crippen molar-refractivity contribution in [3.8, 4) is 11.8 Å². The number of carbonyl (C=O) groups excluding carboxylic acids is 1. The van der Waals surface area contributed by atoms with Gasteiger partial charge in [-0.25, -0.2) is 4.79 Å². The van der Waals surface area contributed by atoms with Crippen molar-refractivity contribution in [1.82, 2.24) is 14.7 Å². The molecule has 4 rings (SSSR count). The summed E-state index contributed by atoms with van der Waals surface area (Å²) in [5, 5.41) is 18.6. The Balaban J connectivity index is 1.46. The normalized spacial score (nSPS) is 25.3. The van der Waals surface area contributed by atoms with E-state index in [9.17, 15) is 14.7 Å². The van der Waals surface area contributed by atoms with E-state index in [0.29, 0.717) is 36.9 Å². The SMILES string of the molecule is N#Cc1ccc(O[C@@H]2CCN(C(=O)O)[C@@H]2C(=O)N2CCCN(C3CCC3)CC2)cc1. The minimum Gasteiger partial charge on any atom is -0.488 e. The number of hydrogen-bond acceptors (Lipinski definition) is 5. The standard InChI is InChI=1S/C22H28N4O4/c23-15-16-5-7-18(8-6-16)30-19-9-12-26(22(28)29)20(19)21(27)25-11-2-10-24(13-14-25)17-3-1-4-17/h5-8,17,19-20H,1-4,9-14H2,(H,28,29)/t19-,20+/m1/s1. The quantitative estimate of drug-likeness (QED) is 0.814. The lowest BCUT2D eigenvalue weighted by Crippen LogP contribution is -2.53. The van der Waals surface area contributed by atoms with Gasteiger partial charge in [0.25, 0.3) is 0 Å². The Hall–Kier alpha value is -2.79. The van der Waals surface area contributed by atoms with Crippen molar-refractivity contribution in [3.05, 3.63) is 29.8 Å². The summed E-state index contributed by atoms with van der Waals surface area (Å²) in [5.74, 6) is 0.375. The molecular formula is C22H28N4O4. The maximum atomic E-state index is 13.4. The first-order chi connectivity index (χ1) is 14.6. The Morgan fingerprint density at radius 2 is 1.77 bits per heavy atom. The molecule has 0 aromatic heterocycles. The third-order valence-corrected chi connectivity index (χ3v) is 6.55. The van der Waals surface area contributed by atoms with Crippen molar-refractivity contribution in [3.63, 3.8) is 0 Å². The van der Waals surface area contributed by atoms with Crippen LogP contribution in [-0.2, 0) is 4.79 Å². The number of likely N-dealkylation sites (tertiary alicyclic amines) is 1. The number of rotatable bonds is 4. The molecule has 1 aliphatic carbocycles. The van der Waals surface area contributed by atoms with E-state index < -0.39 is 18.2 Å². The fourth-order valence-electron chi connectivity index (χ4n) is 4.64. The topological polar surface area (TPSA) is 97.1 Å². The molecule has 8 heteroatoms. The van der Waals surface area contributed by atoms with Gasteiger partial charge in [-0.05, 0) is 43.5 Å². The fraction of sp³-hybridized carbons (Fsp3) is 0.591. The second-order valence-corrected chi connectivity index (χ2v) is 8.30. The summed E-state index contributed by atoms with van der Waals surface area (Å²) in [5.41, 5.74) is 0.522. The molecule has 0 unspecified atom stereocenters. The minimum absolute atomic E-state index is 0.163. The maximum absolute atomic E-state index is 13.4. The van der Waals surface area contributed by atoms with E-state index in [0.717, 1.165) is 19.5 Å². The summed E-state index contributed by atoms with van der Waals surface area (Å²) in [6, 6.07) is 8.55. The predicted molar refractivity (Wildman–Crippen MR) is 109 cm³/mol. The zero-order valence-corrected chi connectivity index (χ0v) is 17.1. The third kappa shape index (κ3) is 4.21. The van der Waals surface area contributed by atoms with Gasteiger partial charge < -0.3 is 14.7 Å². The molecule has 2 saturated heterocycles. The van der Waals surface area contributed by atoms with Crippen LogP contribution < -0.4 is 4.74 Å². The van der Waals surface area contributed by atoms with Crippen molar-refractivity contribution in [2.45, 2.75) is 50.3 Å². The molecule has 2 atom stereocenters. The van der Waals surface area contributed by atoms with Crippen LogP contribution in [0.2, 0.25) is 0 Å². The lowest BCUT2D eigenvalue weighted by atomic mass is 9.91. The zero-order valence-electron chi connectivity index (χ0n) is 17.1. The Labute approximate surface area is 176 Å². The Kier molecular flexibility index (Phi) is 6.09. The van der Waals surface area contributed by atoms with Crippen molar-refractivity contribution in [2.75, 3.05) is 32.7 Å². The lowest BCUT2D eigenvalue weighted by molar-refractivity contribution is -0.137. The van der Waals surface area contributed by atoms with E-state index >= 15 is 0 Å². The van der Waals surface area contributed by atoms with Crippen LogP contribution in [0, 0.1) is 11.3 Å². The zero-order chi connectivity index (χ0) is 21.1. The molecule has 2 amide bonds. The van der Waals surface area contributed by atoms with Gasteiger partial charge >= 0.3 is 6.09 Å². The van der Waals surface area contributed by atoms with Gasteiger partial charge in [0.2, 0.25) is 5.91 Å². The molecule has 30 heavy (non-hydrogen) atoms. The highest BCUT2D eigenvalue weighted by Gasteiger charge is 2.45. The molecule has 1 N–H and O–H groups in total. The van der Waals surface area contributed by atoms with E-state index in [4.69, 9.17) is 10.00 Å². The number of ether oxygens (including phenoxy) is 1. The van der Waals surface area contributed by atoms with Crippen LogP contribution in [0.5, 0.6) is 5.75 Å². The Bertz CT molecular complexity index is 817. The van der Waals surface area contributed by atoms with Gasteiger partial charge in [0.1, 0.15) is 11.9 Å². The molecule has 0 radical (unpaired) electrons. The van der Waals surface area contributed by atoms with Crippen LogP contribution in [0.25, 0.3) is 0 Å². The molecule has 0 bridgehead atoms. The second-order valence-electron chi connectivity index (χ2n) is 8.30. The molecule has 2 aliphatic heterocycles. The van der Waals surface area contributed by atoms with Crippen molar-refractivity contribution in [1.29, 1.82) is 5.26 Å². The van der Waals surface area contributed by atoms with Gasteiger partial charge in [0, 0.05) is 45.2 Å². The van der Waals surface area contributed by atoms with Crippen molar-refractivity contribution >= 4 is 12.0 Å². The number of benzene rings is 1. The van der Waals surface area contributed by atoms with Gasteiger partial charge in [0.05, 0.1) is 11.6 Å². The molecule has 0 spiro atoms. The van der Waals surface area contributed by atoms with Gasteiger partial charge in [-0.3, -0.25) is 14.6 Å². The molecule has 8 nitrogen and oxygen atoms in total. The number of hydrogen-bond donors (Lipinski definition) is 1. The van der Waals surface area contributed by atoms with Crippen molar-refractivity contribution < 1.29 is 19.4 Å². The number of nitriles is 1. The summed E-state index contributed by atoms with van der Waals surface area (Å²) in [7, 11) is 0. The monoisotopic (exact) mass is 412 g/mol. The van der Waals surface area contributed by atoms with Crippen LogP contribution in [0.1, 0.15) is 37.7 Å². The highest BCUT2D eigenvalue weighted by atomic mass is 16.5. The summed E-state index contributed by atoms with van der Waals surface area (Å²) in [6.45, 7) is 3.39. The molecule has 1 saturated carbocycles. The van der Waals surface area contributed by atoms with Gasteiger partial charge in [-0.15, -0.1) is 0 Å². The summed E-state index contributed by atoms with van der Waals surface area (Å²) in [4.78, 5) is 30.7. The van der Waals surface area contributed by atoms with Gasteiger partial charge in [0.15, 0.2) is 6.04 Å². The lowest BCUT2D eigenvalue weighted by Gasteiger charge is -2.37. The highest BCUT2D eigenvalue weighted by molar-refractivity contribution is 5.86. The molecule has 1 aromatic rings. The molecule has 1 aromatic carbocycles. The predicted octanol–water partition coefficient (Wildman–Crippen LogP) is 2.14. The smallest absolute Gasteiger partial charge is 0.408 e. The Morgan fingerprint density at radius 1 is 1.00 bits per heavy atom. The molecule has 2 heterocycles. The maximum Gasteiger partial charge on any atom is 0.408 e. The highest BCUT2D eigenvalue weighted by Crippen LogP contribution is 2.28. The number of carbonyl (C=O) groups is 2. The first-order valence-corrected chi connectivity index (χ1v) is 10.8. The van der Waals surface area contributed by atoms with Crippen LogP contribution >= 0.6 is 0 Å². The molecule has 160 valence electrons. The third-order valence-electron chi connectivity index (χ3n) is 6.55. The first kappa shape index (κ1) is 20.5. The second kappa shape index (κ2) is 8.92. The van der Waals surface area contributed by atoms with Crippen molar-refractivity contribution in [2.24, 2.45) is 0 Å². The van der Waals surface area contributed by atoms with E-state index in [1.165, 1.54) is 24.2 Å². The van der Waals surface area contributed by atoms with E-state index in [2.05, 4.69) is 11.0 Å². The van der Waals surface area contributed by atoms with Crippen LogP contribution in [-0.4, -0.2) is 82.7 Å². The molecule has 3 aliphatic rings. The number of carboxylic acid groups (broad SMARTS) is 1. The van der Waals surface area contributed by atoms with E-state index in [1.54, 1.807) is 24.3 Å². The molecular weight excluding hydrogens is 384 g/mol. The minimum atomic E-state index is -1.09. The summed E-state index contributed by atoms with van der Waals surface area (Å²) < 4.78 is 6.02. The van der Waals surface area contributed by atoms with Crippen LogP contribution in [0.15, 0.2) is 24.3 Å². The largest absolute Gasteiger partial charge is 0.488 e. The van der Waals surface area contributed by atoms with E-state index in [1.807, 2.05) is 4.90 Å². The van der Waals surface area contributed by atoms with Gasteiger partial charge in [-0.2, -0.15) is 5.26 Å². The Morgan fingerprint density at radius 3 is 2.40 bits per heavy atom. The number of nitrogens with zero attached hydrogens (tertiary/aromatic N) is 4.